The first kappa shape index (κ1) is 8.58. The standard InChI is InChI=1S/C12H10N2/c1-9-11(7-13)8-14-12(9)10-5-3-2-4-6-10/h2-6,8,14H,1H3. The van der Waals surface area contributed by atoms with E-state index in [1.54, 1.807) is 6.20 Å². The topological polar surface area (TPSA) is 39.6 Å². The van der Waals surface area contributed by atoms with Crippen LogP contribution in [0.3, 0.4) is 0 Å². The predicted octanol–water partition coefficient (Wildman–Crippen LogP) is 2.86. The van der Waals surface area contributed by atoms with Crippen LogP contribution < -0.4 is 0 Å². The van der Waals surface area contributed by atoms with Gasteiger partial charge in [0.25, 0.3) is 0 Å². The van der Waals surface area contributed by atoms with Crippen molar-refractivity contribution in [2.24, 2.45) is 0 Å². The summed E-state index contributed by atoms with van der Waals surface area (Å²) in [6.45, 7) is 1.96. The van der Waals surface area contributed by atoms with Crippen molar-refractivity contribution in [3.05, 3.63) is 47.7 Å². The predicted molar refractivity (Wildman–Crippen MR) is 55.7 cm³/mol. The van der Waals surface area contributed by atoms with Gasteiger partial charge in [0.1, 0.15) is 6.07 Å². The van der Waals surface area contributed by atoms with Gasteiger partial charge in [-0.1, -0.05) is 30.3 Å². The number of hydrogen-bond donors (Lipinski definition) is 1. The lowest BCUT2D eigenvalue weighted by atomic mass is 10.1. The van der Waals surface area contributed by atoms with Gasteiger partial charge in [0.15, 0.2) is 0 Å². The molecule has 2 aromatic rings. The van der Waals surface area contributed by atoms with Crippen LogP contribution in [0.15, 0.2) is 36.5 Å². The lowest BCUT2D eigenvalue weighted by Crippen LogP contribution is -1.80. The lowest BCUT2D eigenvalue weighted by molar-refractivity contribution is 1.38. The summed E-state index contributed by atoms with van der Waals surface area (Å²) in [4.78, 5) is 3.12. The van der Waals surface area contributed by atoms with Crippen LogP contribution in [0.4, 0.5) is 0 Å². The Morgan fingerprint density at radius 3 is 2.50 bits per heavy atom. The lowest BCUT2D eigenvalue weighted by Gasteiger charge is -1.98. The van der Waals surface area contributed by atoms with E-state index in [1.165, 1.54) is 0 Å². The zero-order valence-electron chi connectivity index (χ0n) is 7.91. The van der Waals surface area contributed by atoms with Crippen molar-refractivity contribution in [3.8, 4) is 17.3 Å². The molecule has 0 unspecified atom stereocenters. The summed E-state index contributed by atoms with van der Waals surface area (Å²) in [5.41, 5.74) is 3.87. The highest BCUT2D eigenvalue weighted by Crippen LogP contribution is 2.23. The van der Waals surface area contributed by atoms with Gasteiger partial charge in [-0.3, -0.25) is 0 Å². The first-order valence-corrected chi connectivity index (χ1v) is 4.46. The maximum absolute atomic E-state index is 8.81. The second-order valence-corrected chi connectivity index (χ2v) is 3.18. The van der Waals surface area contributed by atoms with Gasteiger partial charge in [-0.15, -0.1) is 0 Å². The molecule has 0 spiro atoms. The maximum atomic E-state index is 8.81. The molecule has 1 aromatic heterocycles. The van der Waals surface area contributed by atoms with Gasteiger partial charge in [-0.05, 0) is 18.1 Å². The van der Waals surface area contributed by atoms with Crippen molar-refractivity contribution < 1.29 is 0 Å². The van der Waals surface area contributed by atoms with Gasteiger partial charge < -0.3 is 4.98 Å². The van der Waals surface area contributed by atoms with E-state index >= 15 is 0 Å². The number of nitrogens with one attached hydrogen (secondary N) is 1. The molecule has 0 fully saturated rings. The Labute approximate surface area is 82.8 Å². The molecule has 14 heavy (non-hydrogen) atoms. The molecule has 68 valence electrons. The number of rotatable bonds is 1. The zero-order chi connectivity index (χ0) is 9.97. The molecular formula is C12H10N2. The second-order valence-electron chi connectivity index (χ2n) is 3.18. The SMILES string of the molecule is Cc1c(C#N)c[nH]c1-c1ccccc1. The summed E-state index contributed by atoms with van der Waals surface area (Å²) < 4.78 is 0. The third kappa shape index (κ3) is 1.29. The molecule has 1 heterocycles. The quantitative estimate of drug-likeness (QED) is 0.723. The van der Waals surface area contributed by atoms with Crippen LogP contribution in [-0.2, 0) is 0 Å². The minimum Gasteiger partial charge on any atom is -0.360 e. The first-order chi connectivity index (χ1) is 6.83. The molecule has 2 nitrogen and oxygen atoms in total. The van der Waals surface area contributed by atoms with E-state index in [2.05, 4.69) is 11.1 Å². The number of H-pyrrole nitrogens is 1. The average molecular weight is 182 g/mol. The summed E-state index contributed by atoms with van der Waals surface area (Å²) >= 11 is 0. The maximum Gasteiger partial charge on any atom is 0.101 e. The Kier molecular flexibility index (Phi) is 2.08. The Morgan fingerprint density at radius 1 is 1.21 bits per heavy atom. The number of aromatic nitrogens is 1. The second kappa shape index (κ2) is 3.39. The number of hydrogen-bond acceptors (Lipinski definition) is 1. The van der Waals surface area contributed by atoms with Crippen LogP contribution in [-0.4, -0.2) is 4.98 Å². The molecule has 0 amide bonds. The number of nitrogens with zero attached hydrogens (tertiary/aromatic N) is 1. The van der Waals surface area contributed by atoms with Crippen LogP contribution in [0.5, 0.6) is 0 Å². The van der Waals surface area contributed by atoms with Crippen LogP contribution in [0.2, 0.25) is 0 Å². The van der Waals surface area contributed by atoms with Crippen molar-refractivity contribution in [2.45, 2.75) is 6.92 Å². The smallest absolute Gasteiger partial charge is 0.101 e. The van der Waals surface area contributed by atoms with Gasteiger partial charge in [0.05, 0.1) is 5.56 Å². The summed E-state index contributed by atoms with van der Waals surface area (Å²) in [7, 11) is 0. The van der Waals surface area contributed by atoms with Crippen LogP contribution in [0.1, 0.15) is 11.1 Å². The third-order valence-electron chi connectivity index (χ3n) is 2.32. The van der Waals surface area contributed by atoms with E-state index in [1.807, 2.05) is 37.3 Å². The molecule has 0 radical (unpaired) electrons. The first-order valence-electron chi connectivity index (χ1n) is 4.46. The van der Waals surface area contributed by atoms with E-state index in [-0.39, 0.29) is 0 Å². The molecule has 0 saturated carbocycles. The minimum absolute atomic E-state index is 0.712. The molecule has 0 aliphatic rings. The average Bonchev–Trinajstić information content (AvgIpc) is 2.61. The van der Waals surface area contributed by atoms with Crippen molar-refractivity contribution in [3.63, 3.8) is 0 Å². The summed E-state index contributed by atoms with van der Waals surface area (Å²) in [6.07, 6.45) is 1.75. The highest BCUT2D eigenvalue weighted by molar-refractivity contribution is 5.66. The van der Waals surface area contributed by atoms with Crippen molar-refractivity contribution in [1.82, 2.24) is 4.98 Å². The molecule has 0 aliphatic carbocycles. The summed E-state index contributed by atoms with van der Waals surface area (Å²) in [6, 6.07) is 12.2. The Bertz CT molecular complexity index is 475. The molecule has 1 aromatic carbocycles. The fourth-order valence-electron chi connectivity index (χ4n) is 1.52. The number of benzene rings is 1. The highest BCUT2D eigenvalue weighted by Gasteiger charge is 2.06. The number of aromatic amines is 1. The highest BCUT2D eigenvalue weighted by atomic mass is 14.7. The molecule has 0 atom stereocenters. The van der Waals surface area contributed by atoms with Gasteiger partial charge in [-0.2, -0.15) is 5.26 Å². The normalized spacial score (nSPS) is 9.71. The fourth-order valence-corrected chi connectivity index (χ4v) is 1.52. The summed E-state index contributed by atoms with van der Waals surface area (Å²) in [5, 5.41) is 8.81. The van der Waals surface area contributed by atoms with Crippen LogP contribution >= 0.6 is 0 Å². The van der Waals surface area contributed by atoms with Crippen LogP contribution in [0.25, 0.3) is 11.3 Å². The van der Waals surface area contributed by atoms with E-state index in [9.17, 15) is 0 Å². The van der Waals surface area contributed by atoms with Gasteiger partial charge in [-0.25, -0.2) is 0 Å². The number of nitriles is 1. The molecule has 0 aliphatic heterocycles. The largest absolute Gasteiger partial charge is 0.360 e. The Hall–Kier alpha value is -2.01. The summed E-state index contributed by atoms with van der Waals surface area (Å²) in [5.74, 6) is 0. The molecule has 2 rings (SSSR count). The monoisotopic (exact) mass is 182 g/mol. The van der Waals surface area contributed by atoms with E-state index in [4.69, 9.17) is 5.26 Å². The van der Waals surface area contributed by atoms with E-state index in [0.717, 1.165) is 16.8 Å². The molecule has 0 saturated heterocycles. The van der Waals surface area contributed by atoms with Crippen molar-refractivity contribution in [1.29, 1.82) is 5.26 Å². The van der Waals surface area contributed by atoms with Crippen molar-refractivity contribution >= 4 is 0 Å². The molecule has 2 heteroatoms. The third-order valence-corrected chi connectivity index (χ3v) is 2.32. The molecule has 0 bridgehead atoms. The van der Waals surface area contributed by atoms with E-state index in [0.29, 0.717) is 5.56 Å². The molecular weight excluding hydrogens is 172 g/mol. The van der Waals surface area contributed by atoms with Crippen LogP contribution in [0, 0.1) is 18.3 Å². The van der Waals surface area contributed by atoms with Crippen molar-refractivity contribution in [2.75, 3.05) is 0 Å². The Balaban J connectivity index is 2.54. The Morgan fingerprint density at radius 2 is 1.93 bits per heavy atom. The molecule has 1 N–H and O–H groups in total. The van der Waals surface area contributed by atoms with E-state index < -0.39 is 0 Å². The van der Waals surface area contributed by atoms with Gasteiger partial charge in [0, 0.05) is 11.9 Å². The fraction of sp³-hybridized carbons (Fsp3) is 0.0833. The minimum atomic E-state index is 0.712. The van der Waals surface area contributed by atoms with Gasteiger partial charge in [0.2, 0.25) is 0 Å². The zero-order valence-corrected chi connectivity index (χ0v) is 7.91. The van der Waals surface area contributed by atoms with Gasteiger partial charge >= 0.3 is 0 Å².